The van der Waals surface area contributed by atoms with Gasteiger partial charge in [0, 0.05) is 5.56 Å². The number of carbonyl (C=O) groups is 1. The molecule has 2 nitrogen and oxygen atoms in total. The molecule has 3 rings (SSSR count). The van der Waals surface area contributed by atoms with E-state index in [4.69, 9.17) is 0 Å². The predicted molar refractivity (Wildman–Crippen MR) is 85.8 cm³/mol. The minimum atomic E-state index is -2.54. The van der Waals surface area contributed by atoms with E-state index in [1.165, 1.54) is 30.3 Å². The van der Waals surface area contributed by atoms with E-state index >= 15 is 0 Å². The molecular formula is C19H14F3NO. The lowest BCUT2D eigenvalue weighted by molar-refractivity contribution is -0.116. The van der Waals surface area contributed by atoms with Gasteiger partial charge in [-0.2, -0.15) is 0 Å². The zero-order chi connectivity index (χ0) is 17.3. The Kier molecular flexibility index (Phi) is 4.34. The summed E-state index contributed by atoms with van der Waals surface area (Å²) in [4.78, 5) is 16.8. The van der Waals surface area contributed by atoms with Gasteiger partial charge in [-0.3, -0.25) is 9.79 Å². The SMILES string of the molecule is CC1=CC(c2ccc(C(F)F)cc2)=NC(c2cccc(F)c2)C1=O. The van der Waals surface area contributed by atoms with Gasteiger partial charge in [0.05, 0.1) is 5.71 Å². The monoisotopic (exact) mass is 329 g/mol. The first-order chi connectivity index (χ1) is 11.5. The molecule has 0 fully saturated rings. The van der Waals surface area contributed by atoms with Crippen LogP contribution in [0.25, 0.3) is 0 Å². The van der Waals surface area contributed by atoms with Crippen LogP contribution < -0.4 is 0 Å². The normalized spacial score (nSPS) is 17.7. The molecule has 1 aliphatic rings. The minimum absolute atomic E-state index is 0.0754. The Bertz CT molecular complexity index is 838. The largest absolute Gasteiger partial charge is 0.292 e. The zero-order valence-corrected chi connectivity index (χ0v) is 12.8. The highest BCUT2D eigenvalue weighted by atomic mass is 19.3. The second kappa shape index (κ2) is 6.43. The van der Waals surface area contributed by atoms with Gasteiger partial charge in [0.2, 0.25) is 0 Å². The summed E-state index contributed by atoms with van der Waals surface area (Å²) in [5, 5.41) is 0. The third kappa shape index (κ3) is 3.15. The summed E-state index contributed by atoms with van der Waals surface area (Å²) >= 11 is 0. The van der Waals surface area contributed by atoms with E-state index in [0.717, 1.165) is 0 Å². The first kappa shape index (κ1) is 16.2. The summed E-state index contributed by atoms with van der Waals surface area (Å²) < 4.78 is 38.7. The predicted octanol–water partition coefficient (Wildman–Crippen LogP) is 4.82. The second-order valence-electron chi connectivity index (χ2n) is 5.59. The molecule has 0 N–H and O–H groups in total. The van der Waals surface area contributed by atoms with Crippen LogP contribution in [0, 0.1) is 5.82 Å². The molecule has 0 aromatic heterocycles. The number of hydrogen-bond donors (Lipinski definition) is 0. The molecule has 1 aliphatic heterocycles. The van der Waals surface area contributed by atoms with Crippen molar-refractivity contribution in [1.82, 2.24) is 0 Å². The summed E-state index contributed by atoms with van der Waals surface area (Å²) in [6, 6.07) is 10.7. The number of dihydropyridines is 1. The molecule has 0 saturated carbocycles. The Labute approximate surface area is 137 Å². The number of halogens is 3. The van der Waals surface area contributed by atoms with Gasteiger partial charge in [-0.05, 0) is 41.8 Å². The minimum Gasteiger partial charge on any atom is -0.292 e. The van der Waals surface area contributed by atoms with Crippen molar-refractivity contribution in [1.29, 1.82) is 0 Å². The molecule has 2 aromatic rings. The Balaban J connectivity index is 2.00. The maximum Gasteiger partial charge on any atom is 0.263 e. The van der Waals surface area contributed by atoms with E-state index in [2.05, 4.69) is 4.99 Å². The Morgan fingerprint density at radius 2 is 1.79 bits per heavy atom. The zero-order valence-electron chi connectivity index (χ0n) is 12.8. The molecule has 1 heterocycles. The van der Waals surface area contributed by atoms with Crippen molar-refractivity contribution < 1.29 is 18.0 Å². The highest BCUT2D eigenvalue weighted by Gasteiger charge is 2.26. The second-order valence-corrected chi connectivity index (χ2v) is 5.59. The van der Waals surface area contributed by atoms with Gasteiger partial charge in [0.1, 0.15) is 11.9 Å². The van der Waals surface area contributed by atoms with Crippen LogP contribution in [0.15, 0.2) is 65.2 Å². The maximum absolute atomic E-state index is 13.4. The highest BCUT2D eigenvalue weighted by molar-refractivity contribution is 6.17. The van der Waals surface area contributed by atoms with Crippen molar-refractivity contribution in [2.75, 3.05) is 0 Å². The van der Waals surface area contributed by atoms with E-state index in [0.29, 0.717) is 22.4 Å². The number of alkyl halides is 2. The van der Waals surface area contributed by atoms with E-state index in [9.17, 15) is 18.0 Å². The van der Waals surface area contributed by atoms with E-state index in [-0.39, 0.29) is 11.3 Å². The standard InChI is InChI=1S/C19H14F3NO/c1-11-9-16(12-5-7-13(8-6-12)19(21)22)23-17(18(11)24)14-3-2-4-15(20)10-14/h2-10,17,19H,1H3. The molecule has 122 valence electrons. The van der Waals surface area contributed by atoms with Crippen LogP contribution in [0.4, 0.5) is 13.2 Å². The van der Waals surface area contributed by atoms with Crippen LogP contribution in [0.1, 0.15) is 36.1 Å². The van der Waals surface area contributed by atoms with Crippen LogP contribution >= 0.6 is 0 Å². The average Bonchev–Trinajstić information content (AvgIpc) is 2.57. The van der Waals surface area contributed by atoms with Crippen LogP contribution in [0.5, 0.6) is 0 Å². The van der Waals surface area contributed by atoms with Crippen molar-refractivity contribution in [3.8, 4) is 0 Å². The lowest BCUT2D eigenvalue weighted by Crippen LogP contribution is -2.19. The van der Waals surface area contributed by atoms with Gasteiger partial charge in [0.15, 0.2) is 5.78 Å². The molecule has 0 aliphatic carbocycles. The smallest absolute Gasteiger partial charge is 0.263 e. The van der Waals surface area contributed by atoms with Crippen molar-refractivity contribution in [2.45, 2.75) is 19.4 Å². The summed E-state index contributed by atoms with van der Waals surface area (Å²) in [5.74, 6) is -0.640. The van der Waals surface area contributed by atoms with Gasteiger partial charge >= 0.3 is 0 Å². The van der Waals surface area contributed by atoms with Crippen molar-refractivity contribution in [3.05, 3.63) is 82.7 Å². The highest BCUT2D eigenvalue weighted by Crippen LogP contribution is 2.28. The molecule has 1 atom stereocenters. The molecule has 1 unspecified atom stereocenters. The topological polar surface area (TPSA) is 29.4 Å². The number of allylic oxidation sites excluding steroid dienone is 1. The van der Waals surface area contributed by atoms with Crippen LogP contribution in [-0.2, 0) is 4.79 Å². The molecule has 24 heavy (non-hydrogen) atoms. The summed E-state index contributed by atoms with van der Waals surface area (Å²) in [6.07, 6.45) is -0.915. The van der Waals surface area contributed by atoms with E-state index in [1.54, 1.807) is 31.2 Å². The number of carbonyl (C=O) groups excluding carboxylic acids is 1. The molecule has 0 radical (unpaired) electrons. The number of aliphatic imine (C=N–C) groups is 1. The number of nitrogens with zero attached hydrogens (tertiary/aromatic N) is 1. The molecule has 0 amide bonds. The molecular weight excluding hydrogens is 315 g/mol. The quantitative estimate of drug-likeness (QED) is 0.793. The van der Waals surface area contributed by atoms with Gasteiger partial charge in [-0.1, -0.05) is 36.4 Å². The van der Waals surface area contributed by atoms with Gasteiger partial charge in [-0.25, -0.2) is 13.2 Å². The molecule has 0 saturated heterocycles. The number of Topliss-reactive ketones (excluding diaryl/α,β-unsaturated/α-hetero) is 1. The van der Waals surface area contributed by atoms with E-state index in [1.807, 2.05) is 0 Å². The summed E-state index contributed by atoms with van der Waals surface area (Å²) in [6.45, 7) is 1.66. The van der Waals surface area contributed by atoms with Crippen molar-refractivity contribution in [2.24, 2.45) is 4.99 Å². The third-order valence-corrected chi connectivity index (χ3v) is 3.88. The number of benzene rings is 2. The van der Waals surface area contributed by atoms with Crippen molar-refractivity contribution in [3.63, 3.8) is 0 Å². The van der Waals surface area contributed by atoms with E-state index < -0.39 is 18.3 Å². The van der Waals surface area contributed by atoms with Crippen LogP contribution in [-0.4, -0.2) is 11.5 Å². The number of ketones is 1. The molecule has 0 bridgehead atoms. The van der Waals surface area contributed by atoms with Crippen LogP contribution in [0.3, 0.4) is 0 Å². The Morgan fingerprint density at radius 1 is 1.08 bits per heavy atom. The lowest BCUT2D eigenvalue weighted by atomic mass is 9.93. The first-order valence-corrected chi connectivity index (χ1v) is 7.40. The molecule has 5 heteroatoms. The van der Waals surface area contributed by atoms with Crippen LogP contribution in [0.2, 0.25) is 0 Å². The summed E-state index contributed by atoms with van der Waals surface area (Å²) in [5.41, 5.74) is 2.03. The Morgan fingerprint density at radius 3 is 2.42 bits per heavy atom. The fourth-order valence-electron chi connectivity index (χ4n) is 2.59. The number of hydrogen-bond acceptors (Lipinski definition) is 2. The first-order valence-electron chi connectivity index (χ1n) is 7.40. The fraction of sp³-hybridized carbons (Fsp3) is 0.158. The average molecular weight is 329 g/mol. The Hall–Kier alpha value is -2.69. The fourth-order valence-corrected chi connectivity index (χ4v) is 2.59. The van der Waals surface area contributed by atoms with Gasteiger partial charge in [-0.15, -0.1) is 0 Å². The summed E-state index contributed by atoms with van der Waals surface area (Å²) in [7, 11) is 0. The lowest BCUT2D eigenvalue weighted by Gasteiger charge is -2.19. The molecule has 0 spiro atoms. The molecule has 2 aromatic carbocycles. The third-order valence-electron chi connectivity index (χ3n) is 3.88. The maximum atomic E-state index is 13.4. The van der Waals surface area contributed by atoms with Crippen molar-refractivity contribution >= 4 is 11.5 Å². The van der Waals surface area contributed by atoms with Gasteiger partial charge < -0.3 is 0 Å². The number of rotatable bonds is 3. The van der Waals surface area contributed by atoms with Gasteiger partial charge in [0.25, 0.3) is 6.43 Å².